The van der Waals surface area contributed by atoms with Crippen LogP contribution in [-0.2, 0) is 11.3 Å². The quantitative estimate of drug-likeness (QED) is 0.205. The first kappa shape index (κ1) is 28.5. The van der Waals surface area contributed by atoms with Gasteiger partial charge in [-0.15, -0.1) is 18.2 Å². The molecule has 208 valence electrons. The Kier molecular flexibility index (Phi) is 8.19. The van der Waals surface area contributed by atoms with Gasteiger partial charge in [0.25, 0.3) is 0 Å². The van der Waals surface area contributed by atoms with Gasteiger partial charge in [-0.3, -0.25) is 4.90 Å². The molecule has 3 aromatic rings. The zero-order valence-electron chi connectivity index (χ0n) is 24.6. The van der Waals surface area contributed by atoms with Gasteiger partial charge in [0.1, 0.15) is 14.7 Å². The van der Waals surface area contributed by atoms with Crippen LogP contribution in [0, 0.1) is 32.2 Å². The van der Waals surface area contributed by atoms with Crippen molar-refractivity contribution in [2.45, 2.75) is 57.8 Å². The monoisotopic (exact) mass is 568 g/mol. The zero-order chi connectivity index (χ0) is 28.6. The normalized spacial score (nSPS) is 15.3. The van der Waals surface area contributed by atoms with Gasteiger partial charge in [-0.25, -0.2) is 4.79 Å². The van der Waals surface area contributed by atoms with Crippen molar-refractivity contribution in [3.63, 3.8) is 0 Å². The van der Waals surface area contributed by atoms with E-state index in [1.807, 2.05) is 4.90 Å². The molecule has 6 heteroatoms. The van der Waals surface area contributed by atoms with E-state index < -0.39 is 8.07 Å². The number of hydrogen-bond acceptors (Lipinski definition) is 4. The summed E-state index contributed by atoms with van der Waals surface area (Å²) in [6.45, 7) is 17.5. The highest BCUT2D eigenvalue weighted by atomic mass is 32.1. The SMILES string of the molecule is Cc1c(S)c(C)c(CN2CCN(C(=O)OCC3c4ccccc4-c4ccccc43)CC2)c(C)c1C#C[Si](C)(C)C. The molecule has 40 heavy (non-hydrogen) atoms. The summed E-state index contributed by atoms with van der Waals surface area (Å²) in [6.07, 6.45) is -0.217. The number of nitrogens with zero attached hydrogens (tertiary/aromatic N) is 2. The maximum atomic E-state index is 13.1. The summed E-state index contributed by atoms with van der Waals surface area (Å²) in [7, 11) is -1.49. The second-order valence-corrected chi connectivity index (χ2v) is 17.3. The summed E-state index contributed by atoms with van der Waals surface area (Å²) in [5, 5.41) is 0. The van der Waals surface area contributed by atoms with Crippen molar-refractivity contribution in [3.05, 3.63) is 87.5 Å². The molecule has 5 rings (SSSR count). The van der Waals surface area contributed by atoms with E-state index in [0.29, 0.717) is 19.7 Å². The van der Waals surface area contributed by atoms with Crippen molar-refractivity contribution in [2.75, 3.05) is 32.8 Å². The van der Waals surface area contributed by atoms with E-state index in [1.54, 1.807) is 0 Å². The maximum Gasteiger partial charge on any atom is 0.409 e. The predicted octanol–water partition coefficient (Wildman–Crippen LogP) is 7.20. The molecule has 1 aliphatic heterocycles. The van der Waals surface area contributed by atoms with Gasteiger partial charge in [-0.2, -0.15) is 0 Å². The first-order valence-corrected chi connectivity index (χ1v) is 18.2. The fourth-order valence-corrected chi connectivity index (χ4v) is 6.67. The Morgan fingerprint density at radius 1 is 0.900 bits per heavy atom. The third-order valence-corrected chi connectivity index (χ3v) is 9.82. The number of fused-ring (bicyclic) bond motifs is 3. The molecule has 0 aromatic heterocycles. The predicted molar refractivity (Wildman–Crippen MR) is 170 cm³/mol. The second kappa shape index (κ2) is 11.5. The first-order chi connectivity index (χ1) is 19.0. The average molecular weight is 569 g/mol. The summed E-state index contributed by atoms with van der Waals surface area (Å²) in [5.41, 5.74) is 14.6. The summed E-state index contributed by atoms with van der Waals surface area (Å²) >= 11 is 4.87. The van der Waals surface area contributed by atoms with E-state index in [1.165, 1.54) is 44.5 Å². The van der Waals surface area contributed by atoms with E-state index in [0.717, 1.165) is 30.1 Å². The number of piperazine rings is 1. The van der Waals surface area contributed by atoms with E-state index in [9.17, 15) is 4.79 Å². The standard InChI is InChI=1S/C34H40N2O2SSi/c1-23-26(15-20-40(4,5)6)24(2)33(39)25(3)31(23)21-35-16-18-36(19-17-35)34(37)38-22-32-29-13-9-7-11-27(29)28-12-8-10-14-30(28)32/h7-14,32,39H,16-19,21-22H2,1-6H3. The van der Waals surface area contributed by atoms with Crippen LogP contribution in [0.1, 0.15) is 44.9 Å². The van der Waals surface area contributed by atoms with Gasteiger partial charge >= 0.3 is 6.09 Å². The molecule has 4 nitrogen and oxygen atoms in total. The molecule has 0 radical (unpaired) electrons. The van der Waals surface area contributed by atoms with E-state index in [2.05, 4.69) is 105 Å². The lowest BCUT2D eigenvalue weighted by Gasteiger charge is -2.35. The fraction of sp³-hybridized carbons (Fsp3) is 0.382. The topological polar surface area (TPSA) is 32.8 Å². The summed E-state index contributed by atoms with van der Waals surface area (Å²) in [5.74, 6) is 3.60. The highest BCUT2D eigenvalue weighted by Crippen LogP contribution is 2.44. The fourth-order valence-electron chi connectivity index (χ4n) is 5.93. The summed E-state index contributed by atoms with van der Waals surface area (Å²) < 4.78 is 5.92. The number of carbonyl (C=O) groups excluding carboxylic acids is 1. The summed E-state index contributed by atoms with van der Waals surface area (Å²) in [4.78, 5) is 18.4. The first-order valence-electron chi connectivity index (χ1n) is 14.2. The Hall–Kier alpha value is -2.98. The number of carbonyl (C=O) groups is 1. The van der Waals surface area contributed by atoms with Crippen LogP contribution in [0.3, 0.4) is 0 Å². The molecular formula is C34H40N2O2SSi. The summed E-state index contributed by atoms with van der Waals surface area (Å²) in [6, 6.07) is 16.9. The van der Waals surface area contributed by atoms with Crippen molar-refractivity contribution >= 4 is 26.8 Å². The van der Waals surface area contributed by atoms with E-state index in [4.69, 9.17) is 17.4 Å². The zero-order valence-corrected chi connectivity index (χ0v) is 26.5. The lowest BCUT2D eigenvalue weighted by molar-refractivity contribution is 0.0727. The minimum atomic E-state index is -1.49. The van der Waals surface area contributed by atoms with Gasteiger partial charge in [0.15, 0.2) is 0 Å². The van der Waals surface area contributed by atoms with Gasteiger partial charge in [-0.05, 0) is 65.3 Å². The number of ether oxygens (including phenoxy) is 1. The molecule has 1 amide bonds. The number of hydrogen-bond donors (Lipinski definition) is 1. The number of rotatable bonds is 4. The largest absolute Gasteiger partial charge is 0.448 e. The van der Waals surface area contributed by atoms with Crippen molar-refractivity contribution in [2.24, 2.45) is 0 Å². The molecule has 0 unspecified atom stereocenters. The molecule has 0 N–H and O–H groups in total. The number of thiol groups is 1. The Labute approximate surface area is 246 Å². The lowest BCUT2D eigenvalue weighted by atomic mass is 9.93. The second-order valence-electron chi connectivity index (χ2n) is 12.1. The number of benzene rings is 3. The third kappa shape index (κ3) is 5.74. The Balaban J connectivity index is 1.22. The highest BCUT2D eigenvalue weighted by Gasteiger charge is 2.30. The molecule has 2 aliphatic rings. The number of amides is 1. The molecule has 3 aromatic carbocycles. The molecule has 0 saturated carbocycles. The smallest absolute Gasteiger partial charge is 0.409 e. The Morgan fingerprint density at radius 3 is 2.05 bits per heavy atom. The van der Waals surface area contributed by atoms with Gasteiger partial charge in [-0.1, -0.05) is 74.1 Å². The van der Waals surface area contributed by atoms with Gasteiger partial charge in [0, 0.05) is 49.1 Å². The Morgan fingerprint density at radius 2 is 1.48 bits per heavy atom. The van der Waals surface area contributed by atoms with Crippen molar-refractivity contribution in [1.82, 2.24) is 9.80 Å². The van der Waals surface area contributed by atoms with Crippen molar-refractivity contribution in [3.8, 4) is 22.6 Å². The van der Waals surface area contributed by atoms with Crippen LogP contribution in [-0.4, -0.2) is 56.8 Å². The molecule has 1 saturated heterocycles. The average Bonchev–Trinajstić information content (AvgIpc) is 3.26. The Bertz CT molecular complexity index is 1460. The van der Waals surface area contributed by atoms with Crippen molar-refractivity contribution < 1.29 is 9.53 Å². The highest BCUT2D eigenvalue weighted by molar-refractivity contribution is 7.80. The van der Waals surface area contributed by atoms with Crippen LogP contribution < -0.4 is 0 Å². The minimum absolute atomic E-state index is 0.0822. The van der Waals surface area contributed by atoms with Crippen LogP contribution in [0.2, 0.25) is 19.6 Å². The third-order valence-electron chi connectivity index (χ3n) is 8.28. The van der Waals surface area contributed by atoms with Gasteiger partial charge in [0.05, 0.1) is 0 Å². The van der Waals surface area contributed by atoms with E-state index in [-0.39, 0.29) is 12.0 Å². The lowest BCUT2D eigenvalue weighted by Crippen LogP contribution is -2.48. The molecular weight excluding hydrogens is 529 g/mol. The van der Waals surface area contributed by atoms with Crippen LogP contribution >= 0.6 is 12.6 Å². The van der Waals surface area contributed by atoms with E-state index >= 15 is 0 Å². The van der Waals surface area contributed by atoms with Crippen LogP contribution in [0.25, 0.3) is 11.1 Å². The van der Waals surface area contributed by atoms with Crippen molar-refractivity contribution in [1.29, 1.82) is 0 Å². The molecule has 0 spiro atoms. The molecule has 1 aliphatic carbocycles. The van der Waals surface area contributed by atoms with Crippen LogP contribution in [0.4, 0.5) is 4.79 Å². The van der Waals surface area contributed by atoms with Gasteiger partial charge < -0.3 is 9.64 Å². The molecule has 1 heterocycles. The molecule has 0 bridgehead atoms. The van der Waals surface area contributed by atoms with Crippen LogP contribution in [0.15, 0.2) is 53.4 Å². The maximum absolute atomic E-state index is 13.1. The molecule has 0 atom stereocenters. The minimum Gasteiger partial charge on any atom is -0.448 e. The molecule has 1 fully saturated rings. The van der Waals surface area contributed by atoms with Gasteiger partial charge in [0.2, 0.25) is 0 Å². The van der Waals surface area contributed by atoms with Crippen LogP contribution in [0.5, 0.6) is 0 Å².